The number of carbonyl (C=O) groups is 1. The summed E-state index contributed by atoms with van der Waals surface area (Å²) in [5, 5.41) is 7.62. The van der Waals surface area contributed by atoms with Crippen LogP contribution in [0.5, 0.6) is 0 Å². The number of primary amides is 1. The molecule has 0 saturated carbocycles. The topological polar surface area (TPSA) is 73.8 Å². The van der Waals surface area contributed by atoms with Crippen LogP contribution in [0.4, 0.5) is 4.39 Å². The molecular weight excluding hydrogens is 211 g/mol. The highest BCUT2D eigenvalue weighted by Crippen LogP contribution is 2.18. The molecule has 1 aromatic carbocycles. The summed E-state index contributed by atoms with van der Waals surface area (Å²) in [6.07, 6.45) is 0.519. The minimum atomic E-state index is -0.546. The maximum absolute atomic E-state index is 12.9. The Morgan fingerprint density at radius 1 is 1.62 bits per heavy atom. The number of hydrogen-bond acceptors (Lipinski definition) is 3. The van der Waals surface area contributed by atoms with E-state index in [2.05, 4.69) is 10.3 Å². The van der Waals surface area contributed by atoms with E-state index in [1.54, 1.807) is 0 Å². The maximum Gasteiger partial charge on any atom is 0.242 e. The lowest BCUT2D eigenvalue weighted by atomic mass is 10.2. The average Bonchev–Trinajstić information content (AvgIpc) is 2.62. The van der Waals surface area contributed by atoms with E-state index in [1.165, 1.54) is 22.9 Å². The molecule has 0 aliphatic carbocycles. The van der Waals surface area contributed by atoms with Crippen LogP contribution in [0.1, 0.15) is 19.4 Å². The predicted molar refractivity (Wildman–Crippen MR) is 56.0 cm³/mol. The van der Waals surface area contributed by atoms with Crippen molar-refractivity contribution in [1.82, 2.24) is 15.0 Å². The van der Waals surface area contributed by atoms with Gasteiger partial charge in [0, 0.05) is 6.07 Å². The Labute approximate surface area is 91.0 Å². The Hall–Kier alpha value is -1.98. The van der Waals surface area contributed by atoms with Gasteiger partial charge in [0.1, 0.15) is 17.4 Å². The maximum atomic E-state index is 12.9. The van der Waals surface area contributed by atoms with Crippen LogP contribution < -0.4 is 5.73 Å². The molecule has 0 bridgehead atoms. The zero-order valence-electron chi connectivity index (χ0n) is 8.72. The van der Waals surface area contributed by atoms with Gasteiger partial charge in [0.05, 0.1) is 5.52 Å². The number of fused-ring (bicyclic) bond motifs is 1. The first-order valence-electron chi connectivity index (χ1n) is 4.93. The third-order valence-electron chi connectivity index (χ3n) is 2.44. The van der Waals surface area contributed by atoms with E-state index in [9.17, 15) is 9.18 Å². The molecule has 0 saturated heterocycles. The number of halogens is 1. The summed E-state index contributed by atoms with van der Waals surface area (Å²) < 4.78 is 14.3. The van der Waals surface area contributed by atoms with Gasteiger partial charge in [0.2, 0.25) is 5.91 Å². The van der Waals surface area contributed by atoms with E-state index in [4.69, 9.17) is 5.73 Å². The Morgan fingerprint density at radius 2 is 2.38 bits per heavy atom. The molecule has 0 spiro atoms. The molecule has 0 unspecified atom stereocenters. The molecule has 2 aromatic rings. The quantitative estimate of drug-likeness (QED) is 0.842. The predicted octanol–water partition coefficient (Wildman–Crippen LogP) is 1.01. The Balaban J connectivity index is 2.57. The summed E-state index contributed by atoms with van der Waals surface area (Å²) in [5.74, 6) is -0.856. The molecule has 0 radical (unpaired) electrons. The summed E-state index contributed by atoms with van der Waals surface area (Å²) in [5.41, 5.74) is 6.28. The average molecular weight is 222 g/mol. The van der Waals surface area contributed by atoms with Crippen LogP contribution in [-0.2, 0) is 4.79 Å². The van der Waals surface area contributed by atoms with Gasteiger partial charge < -0.3 is 5.73 Å². The molecule has 1 aromatic heterocycles. The molecule has 0 fully saturated rings. The highest BCUT2D eigenvalue weighted by molar-refractivity contribution is 5.81. The fourth-order valence-electron chi connectivity index (χ4n) is 1.64. The number of amides is 1. The second-order valence-electron chi connectivity index (χ2n) is 3.49. The van der Waals surface area contributed by atoms with E-state index < -0.39 is 11.9 Å². The summed E-state index contributed by atoms with van der Waals surface area (Å²) in [4.78, 5) is 11.2. The molecule has 1 heterocycles. The van der Waals surface area contributed by atoms with Gasteiger partial charge in [-0.2, -0.15) is 0 Å². The first kappa shape index (κ1) is 10.5. The normalized spacial score (nSPS) is 12.9. The molecule has 5 nitrogen and oxygen atoms in total. The third kappa shape index (κ3) is 1.62. The van der Waals surface area contributed by atoms with Crippen molar-refractivity contribution in [1.29, 1.82) is 0 Å². The van der Waals surface area contributed by atoms with Crippen LogP contribution in [0.15, 0.2) is 18.2 Å². The molecule has 84 valence electrons. The van der Waals surface area contributed by atoms with Gasteiger partial charge in [-0.1, -0.05) is 12.1 Å². The van der Waals surface area contributed by atoms with Crippen molar-refractivity contribution in [2.24, 2.45) is 5.73 Å². The zero-order chi connectivity index (χ0) is 11.7. The zero-order valence-corrected chi connectivity index (χ0v) is 8.72. The highest BCUT2D eigenvalue weighted by atomic mass is 19.1. The van der Waals surface area contributed by atoms with Crippen molar-refractivity contribution in [3.8, 4) is 0 Å². The Bertz CT molecular complexity index is 537. The van der Waals surface area contributed by atoms with Gasteiger partial charge in [-0.25, -0.2) is 9.07 Å². The SMILES string of the molecule is CC[C@@H](C(N)=O)n1nnc2cc(F)ccc21. The smallest absolute Gasteiger partial charge is 0.242 e. The second kappa shape index (κ2) is 3.88. The van der Waals surface area contributed by atoms with Gasteiger partial charge >= 0.3 is 0 Å². The van der Waals surface area contributed by atoms with Crippen LogP contribution >= 0.6 is 0 Å². The summed E-state index contributed by atoms with van der Waals surface area (Å²) in [6.45, 7) is 1.83. The largest absolute Gasteiger partial charge is 0.368 e. The number of rotatable bonds is 3. The lowest BCUT2D eigenvalue weighted by molar-refractivity contribution is -0.121. The second-order valence-corrected chi connectivity index (χ2v) is 3.49. The van der Waals surface area contributed by atoms with Crippen molar-refractivity contribution in [3.63, 3.8) is 0 Å². The van der Waals surface area contributed by atoms with Gasteiger partial charge in [0.25, 0.3) is 0 Å². The van der Waals surface area contributed by atoms with Crippen molar-refractivity contribution in [2.75, 3.05) is 0 Å². The summed E-state index contributed by atoms with van der Waals surface area (Å²) >= 11 is 0. The molecule has 0 aliphatic rings. The summed E-state index contributed by atoms with van der Waals surface area (Å²) in [6, 6.07) is 3.56. The molecule has 2 N–H and O–H groups in total. The summed E-state index contributed by atoms with van der Waals surface area (Å²) in [7, 11) is 0. The molecule has 6 heteroatoms. The van der Waals surface area contributed by atoms with Crippen LogP contribution in [0, 0.1) is 5.82 Å². The van der Waals surface area contributed by atoms with Crippen LogP contribution in [0.2, 0.25) is 0 Å². The van der Waals surface area contributed by atoms with Gasteiger partial charge in [-0.3, -0.25) is 4.79 Å². The van der Waals surface area contributed by atoms with Gasteiger partial charge in [-0.05, 0) is 18.6 Å². The first-order chi connectivity index (χ1) is 7.63. The highest BCUT2D eigenvalue weighted by Gasteiger charge is 2.19. The molecule has 1 amide bonds. The minimum absolute atomic E-state index is 0.383. The first-order valence-corrected chi connectivity index (χ1v) is 4.93. The van der Waals surface area contributed by atoms with Crippen LogP contribution in [0.3, 0.4) is 0 Å². The fraction of sp³-hybridized carbons (Fsp3) is 0.300. The number of nitrogens with two attached hydrogens (primary N) is 1. The third-order valence-corrected chi connectivity index (χ3v) is 2.44. The standard InChI is InChI=1S/C10H11FN4O/c1-2-8(10(12)16)15-9-4-3-6(11)5-7(9)13-14-15/h3-5,8H,2H2,1H3,(H2,12,16)/t8-/m0/s1. The van der Waals surface area contributed by atoms with E-state index in [1.807, 2.05) is 6.92 Å². The van der Waals surface area contributed by atoms with Crippen LogP contribution in [0.25, 0.3) is 11.0 Å². The lowest BCUT2D eigenvalue weighted by Crippen LogP contribution is -2.26. The number of aromatic nitrogens is 3. The molecule has 0 aliphatic heterocycles. The van der Waals surface area contributed by atoms with Crippen molar-refractivity contribution >= 4 is 16.9 Å². The number of benzene rings is 1. The fourth-order valence-corrected chi connectivity index (χ4v) is 1.64. The molecule has 2 rings (SSSR count). The van der Waals surface area contributed by atoms with E-state index in [0.29, 0.717) is 17.5 Å². The number of hydrogen-bond donors (Lipinski definition) is 1. The van der Waals surface area contributed by atoms with E-state index in [0.717, 1.165) is 0 Å². The Kier molecular flexibility index (Phi) is 2.55. The van der Waals surface area contributed by atoms with Gasteiger partial charge in [-0.15, -0.1) is 5.10 Å². The Morgan fingerprint density at radius 3 is 3.00 bits per heavy atom. The molecular formula is C10H11FN4O. The van der Waals surface area contributed by atoms with Crippen molar-refractivity contribution in [3.05, 3.63) is 24.0 Å². The lowest BCUT2D eigenvalue weighted by Gasteiger charge is -2.11. The van der Waals surface area contributed by atoms with Gasteiger partial charge in [0.15, 0.2) is 0 Å². The number of carbonyl (C=O) groups excluding carboxylic acids is 1. The minimum Gasteiger partial charge on any atom is -0.368 e. The van der Waals surface area contributed by atoms with Crippen molar-refractivity contribution in [2.45, 2.75) is 19.4 Å². The van der Waals surface area contributed by atoms with Crippen LogP contribution in [-0.4, -0.2) is 20.9 Å². The monoisotopic (exact) mass is 222 g/mol. The number of nitrogens with zero attached hydrogens (tertiary/aromatic N) is 3. The van der Waals surface area contributed by atoms with E-state index in [-0.39, 0.29) is 5.82 Å². The molecule has 16 heavy (non-hydrogen) atoms. The van der Waals surface area contributed by atoms with E-state index >= 15 is 0 Å². The molecule has 1 atom stereocenters. The van der Waals surface area contributed by atoms with Crippen molar-refractivity contribution < 1.29 is 9.18 Å².